The van der Waals surface area contributed by atoms with E-state index < -0.39 is 5.91 Å². The molecule has 0 spiro atoms. The Labute approximate surface area is 136 Å². The van der Waals surface area contributed by atoms with Crippen LogP contribution in [0.15, 0.2) is 48.8 Å². The minimum atomic E-state index is -0.490. The zero-order chi connectivity index (χ0) is 15.7. The average Bonchev–Trinajstić information content (AvgIpc) is 2.52. The highest BCUT2D eigenvalue weighted by atomic mass is 35.5. The maximum atomic E-state index is 12.3. The summed E-state index contributed by atoms with van der Waals surface area (Å²) in [5, 5.41) is 14.9. The molecule has 1 heterocycles. The summed E-state index contributed by atoms with van der Waals surface area (Å²) in [7, 11) is 0. The molecule has 2 N–H and O–H groups in total. The average molecular weight is 333 g/mol. The molecule has 0 unspecified atom stereocenters. The maximum Gasteiger partial charge on any atom is 0.259 e. The van der Waals surface area contributed by atoms with E-state index in [1.165, 1.54) is 18.2 Å². The molecular weight excluding hydrogens is 323 g/mol. The number of aromatic nitrogens is 1. The van der Waals surface area contributed by atoms with Gasteiger partial charge in [0.1, 0.15) is 5.75 Å². The molecule has 1 amide bonds. The molecular formula is C16H10Cl2N2O2. The number of rotatable bonds is 2. The fourth-order valence-corrected chi connectivity index (χ4v) is 2.56. The monoisotopic (exact) mass is 332 g/mol. The molecule has 1 aromatic heterocycles. The van der Waals surface area contributed by atoms with E-state index in [0.717, 1.165) is 10.8 Å². The Kier molecular flexibility index (Phi) is 3.88. The van der Waals surface area contributed by atoms with E-state index in [9.17, 15) is 9.90 Å². The predicted octanol–water partition coefficient (Wildman–Crippen LogP) is 4.50. The number of fused-ring (bicyclic) bond motifs is 1. The molecule has 3 aromatic rings. The fraction of sp³-hybridized carbons (Fsp3) is 0. The van der Waals surface area contributed by atoms with Crippen LogP contribution in [0.2, 0.25) is 10.0 Å². The molecule has 22 heavy (non-hydrogen) atoms. The lowest BCUT2D eigenvalue weighted by atomic mass is 10.1. The Balaban J connectivity index is 1.97. The van der Waals surface area contributed by atoms with Gasteiger partial charge in [0.25, 0.3) is 5.91 Å². The third-order valence-electron chi connectivity index (χ3n) is 3.21. The smallest absolute Gasteiger partial charge is 0.259 e. The van der Waals surface area contributed by atoms with Crippen molar-refractivity contribution < 1.29 is 9.90 Å². The number of nitrogens with zero attached hydrogens (tertiary/aromatic N) is 1. The van der Waals surface area contributed by atoms with Gasteiger partial charge in [0, 0.05) is 28.2 Å². The Morgan fingerprint density at radius 2 is 1.95 bits per heavy atom. The molecule has 0 fully saturated rings. The lowest BCUT2D eigenvalue weighted by molar-refractivity contribution is 0.102. The second kappa shape index (κ2) is 5.83. The number of halogens is 2. The number of phenols is 1. The van der Waals surface area contributed by atoms with E-state index in [1.807, 2.05) is 6.07 Å². The van der Waals surface area contributed by atoms with E-state index in [1.54, 1.807) is 24.5 Å². The van der Waals surface area contributed by atoms with E-state index in [4.69, 9.17) is 23.2 Å². The number of phenolic OH excluding ortho intramolecular Hbond substituents is 1. The van der Waals surface area contributed by atoms with Crippen molar-refractivity contribution in [2.24, 2.45) is 0 Å². The van der Waals surface area contributed by atoms with Crippen molar-refractivity contribution in [3.05, 3.63) is 64.4 Å². The summed E-state index contributed by atoms with van der Waals surface area (Å²) in [5.41, 5.74) is 0.531. The zero-order valence-electron chi connectivity index (χ0n) is 11.2. The van der Waals surface area contributed by atoms with Crippen molar-refractivity contribution in [3.63, 3.8) is 0 Å². The van der Waals surface area contributed by atoms with Crippen LogP contribution in [0.1, 0.15) is 10.4 Å². The minimum Gasteiger partial charge on any atom is -0.507 e. The summed E-state index contributed by atoms with van der Waals surface area (Å²) in [6.45, 7) is 0. The van der Waals surface area contributed by atoms with E-state index in [0.29, 0.717) is 15.7 Å². The second-order valence-corrected chi connectivity index (χ2v) is 5.45. The molecule has 0 bridgehead atoms. The van der Waals surface area contributed by atoms with Gasteiger partial charge in [-0.1, -0.05) is 29.3 Å². The number of hydrogen-bond donors (Lipinski definition) is 2. The third-order valence-corrected chi connectivity index (χ3v) is 3.85. The van der Waals surface area contributed by atoms with Gasteiger partial charge in [-0.05, 0) is 30.3 Å². The number of pyridine rings is 1. The van der Waals surface area contributed by atoms with Gasteiger partial charge in [0.2, 0.25) is 0 Å². The second-order valence-electron chi connectivity index (χ2n) is 4.64. The molecule has 110 valence electrons. The highest BCUT2D eigenvalue weighted by Crippen LogP contribution is 2.31. The number of aromatic hydroxyl groups is 1. The minimum absolute atomic E-state index is 0.0818. The molecule has 3 rings (SSSR count). The van der Waals surface area contributed by atoms with Crippen molar-refractivity contribution in [1.82, 2.24) is 4.98 Å². The normalized spacial score (nSPS) is 10.6. The number of carbonyl (C=O) groups is 1. The molecule has 2 aromatic carbocycles. The van der Waals surface area contributed by atoms with Gasteiger partial charge in [-0.2, -0.15) is 0 Å². The first-order chi connectivity index (χ1) is 10.6. The molecule has 0 aliphatic rings. The zero-order valence-corrected chi connectivity index (χ0v) is 12.7. The molecule has 6 heteroatoms. The number of nitrogens with one attached hydrogen (secondary N) is 1. The largest absolute Gasteiger partial charge is 0.507 e. The molecule has 0 atom stereocenters. The summed E-state index contributed by atoms with van der Waals surface area (Å²) in [5.74, 6) is -0.640. The van der Waals surface area contributed by atoms with Crippen molar-refractivity contribution in [2.75, 3.05) is 5.32 Å². The fourth-order valence-electron chi connectivity index (χ4n) is 2.11. The lowest BCUT2D eigenvalue weighted by Crippen LogP contribution is -2.12. The lowest BCUT2D eigenvalue weighted by Gasteiger charge is -2.10. The van der Waals surface area contributed by atoms with E-state index in [-0.39, 0.29) is 11.3 Å². The Morgan fingerprint density at radius 1 is 1.14 bits per heavy atom. The number of amides is 1. The highest BCUT2D eigenvalue weighted by Gasteiger charge is 2.14. The van der Waals surface area contributed by atoms with Gasteiger partial charge in [0.05, 0.1) is 16.3 Å². The quantitative estimate of drug-likeness (QED) is 0.726. The Hall–Kier alpha value is -2.30. The molecule has 0 aliphatic heterocycles. The number of carbonyl (C=O) groups excluding carboxylic acids is 1. The molecule has 0 aliphatic carbocycles. The predicted molar refractivity (Wildman–Crippen MR) is 87.8 cm³/mol. The van der Waals surface area contributed by atoms with Gasteiger partial charge < -0.3 is 10.4 Å². The van der Waals surface area contributed by atoms with Crippen LogP contribution < -0.4 is 5.32 Å². The Morgan fingerprint density at radius 3 is 2.77 bits per heavy atom. The van der Waals surface area contributed by atoms with Crippen LogP contribution in [0.5, 0.6) is 5.75 Å². The number of anilines is 1. The van der Waals surface area contributed by atoms with Gasteiger partial charge in [0.15, 0.2) is 0 Å². The standard InChI is InChI=1S/C16H10Cl2N2O2/c17-10-2-4-14(21)12(7-10)16(22)20-13-3-1-9-8-19-6-5-11(9)15(13)18/h1-8,21H,(H,20,22). The van der Waals surface area contributed by atoms with Crippen LogP contribution in [0, 0.1) is 0 Å². The van der Waals surface area contributed by atoms with Crippen LogP contribution >= 0.6 is 23.2 Å². The van der Waals surface area contributed by atoms with Crippen LogP contribution in [0.3, 0.4) is 0 Å². The van der Waals surface area contributed by atoms with E-state index >= 15 is 0 Å². The van der Waals surface area contributed by atoms with Gasteiger partial charge in [-0.3, -0.25) is 9.78 Å². The summed E-state index contributed by atoms with van der Waals surface area (Å²) in [6, 6.07) is 9.53. The first kappa shape index (κ1) is 14.6. The summed E-state index contributed by atoms with van der Waals surface area (Å²) in [6.07, 6.45) is 3.32. The van der Waals surface area contributed by atoms with Crippen molar-refractivity contribution in [3.8, 4) is 5.75 Å². The molecule has 0 saturated heterocycles. The molecule has 0 radical (unpaired) electrons. The molecule has 0 saturated carbocycles. The van der Waals surface area contributed by atoms with Crippen LogP contribution in [-0.4, -0.2) is 16.0 Å². The van der Waals surface area contributed by atoms with Gasteiger partial charge in [-0.25, -0.2) is 0 Å². The van der Waals surface area contributed by atoms with Crippen LogP contribution in [0.25, 0.3) is 10.8 Å². The van der Waals surface area contributed by atoms with Crippen molar-refractivity contribution in [1.29, 1.82) is 0 Å². The summed E-state index contributed by atoms with van der Waals surface area (Å²) in [4.78, 5) is 16.3. The van der Waals surface area contributed by atoms with Crippen LogP contribution in [0.4, 0.5) is 5.69 Å². The van der Waals surface area contributed by atoms with E-state index in [2.05, 4.69) is 10.3 Å². The number of benzene rings is 2. The van der Waals surface area contributed by atoms with Gasteiger partial charge >= 0.3 is 0 Å². The van der Waals surface area contributed by atoms with Crippen molar-refractivity contribution >= 4 is 45.6 Å². The SMILES string of the molecule is O=C(Nc1ccc2cnccc2c1Cl)c1cc(Cl)ccc1O. The highest BCUT2D eigenvalue weighted by molar-refractivity contribution is 6.39. The summed E-state index contributed by atoms with van der Waals surface area (Å²) >= 11 is 12.2. The first-order valence-corrected chi connectivity index (χ1v) is 7.14. The summed E-state index contributed by atoms with van der Waals surface area (Å²) < 4.78 is 0. The Bertz CT molecular complexity index is 881. The number of hydrogen-bond acceptors (Lipinski definition) is 3. The topological polar surface area (TPSA) is 62.2 Å². The van der Waals surface area contributed by atoms with Crippen LogP contribution in [-0.2, 0) is 0 Å². The van der Waals surface area contributed by atoms with Gasteiger partial charge in [-0.15, -0.1) is 0 Å². The van der Waals surface area contributed by atoms with Crippen molar-refractivity contribution in [2.45, 2.75) is 0 Å². The third kappa shape index (κ3) is 2.71. The first-order valence-electron chi connectivity index (χ1n) is 6.38. The molecule has 4 nitrogen and oxygen atoms in total. The maximum absolute atomic E-state index is 12.3.